The molecule has 0 aliphatic rings. The van der Waals surface area contributed by atoms with E-state index in [1.165, 1.54) is 18.3 Å². The first-order chi connectivity index (χ1) is 17.6. The van der Waals surface area contributed by atoms with Crippen LogP contribution in [0.15, 0.2) is 48.8 Å². The van der Waals surface area contributed by atoms with Crippen LogP contribution in [0.25, 0.3) is 0 Å². The summed E-state index contributed by atoms with van der Waals surface area (Å²) < 4.78 is 43.8. The average Bonchev–Trinajstić information content (AvgIpc) is 2.86. The molecule has 2 aromatic heterocycles. The molecule has 0 fully saturated rings. The lowest BCUT2D eigenvalue weighted by Crippen LogP contribution is -2.28. The van der Waals surface area contributed by atoms with E-state index in [1.807, 2.05) is 0 Å². The van der Waals surface area contributed by atoms with Crippen LogP contribution in [-0.2, 0) is 30.1 Å². The Bertz CT molecular complexity index is 1270. The number of hydrogen-bond donors (Lipinski definition) is 4. The van der Waals surface area contributed by atoms with Crippen molar-refractivity contribution in [2.75, 3.05) is 18.4 Å². The summed E-state index contributed by atoms with van der Waals surface area (Å²) in [5.74, 6) is -5.50. The number of alkyl halides is 2. The molecule has 0 unspecified atom stereocenters. The first-order valence-electron chi connectivity index (χ1n) is 10.9. The molecule has 0 radical (unpaired) electrons. The second-order valence-corrected chi connectivity index (χ2v) is 8.71. The lowest BCUT2D eigenvalue weighted by Gasteiger charge is -2.18. The molecule has 8 nitrogen and oxygen atoms in total. The minimum absolute atomic E-state index is 0.0352. The summed E-state index contributed by atoms with van der Waals surface area (Å²) >= 11 is 12.1. The smallest absolute Gasteiger partial charge is 0.404 e. The Hall–Kier alpha value is -3.57. The van der Waals surface area contributed by atoms with Gasteiger partial charge >= 0.3 is 12.0 Å². The summed E-state index contributed by atoms with van der Waals surface area (Å²) in [7, 11) is 0. The predicted octanol–water partition coefficient (Wildman–Crippen LogP) is 4.80. The number of hydrogen-bond acceptors (Lipinski definition) is 5. The number of carboxylic acid groups (broad SMARTS) is 1. The van der Waals surface area contributed by atoms with Gasteiger partial charge in [-0.15, -0.1) is 0 Å². The standard InChI is InChI=1S/C24H22Cl2F3N5O3/c25-16-5-4-14(6-8-31-23(36)37)15(9-16)11-32-20(35)10-17-18(26)12-33-22(21(17)27)34-13-24(28,29)19-3-1-2-7-30-19/h1-5,7,9,12,31H,6,8,10-11,13H2,(H,32,35)(H,33,34)(H,36,37). The highest BCUT2D eigenvalue weighted by molar-refractivity contribution is 6.31. The van der Waals surface area contributed by atoms with Crippen LogP contribution in [0.1, 0.15) is 22.4 Å². The highest BCUT2D eigenvalue weighted by Gasteiger charge is 2.33. The maximum absolute atomic E-state index is 15.0. The van der Waals surface area contributed by atoms with Gasteiger partial charge in [0, 0.05) is 36.1 Å². The number of carbonyl (C=O) groups is 2. The van der Waals surface area contributed by atoms with Crippen molar-refractivity contribution in [3.05, 3.63) is 87.0 Å². The number of rotatable bonds is 11. The van der Waals surface area contributed by atoms with Gasteiger partial charge in [0.05, 0.1) is 18.0 Å². The molecule has 0 saturated carbocycles. The first-order valence-corrected chi connectivity index (χ1v) is 11.7. The Kier molecular flexibility index (Phi) is 9.54. The highest BCUT2D eigenvalue weighted by Crippen LogP contribution is 2.28. The number of amides is 2. The van der Waals surface area contributed by atoms with Crippen LogP contribution in [-0.4, -0.2) is 40.2 Å². The molecule has 4 N–H and O–H groups in total. The van der Waals surface area contributed by atoms with Gasteiger partial charge < -0.3 is 21.1 Å². The highest BCUT2D eigenvalue weighted by atomic mass is 35.5. The van der Waals surface area contributed by atoms with Crippen LogP contribution in [0.2, 0.25) is 10.0 Å². The van der Waals surface area contributed by atoms with Crippen molar-refractivity contribution in [3.8, 4) is 0 Å². The fourth-order valence-electron chi connectivity index (χ4n) is 3.38. The van der Waals surface area contributed by atoms with E-state index in [0.717, 1.165) is 17.8 Å². The molecule has 37 heavy (non-hydrogen) atoms. The monoisotopic (exact) mass is 555 g/mol. The maximum atomic E-state index is 15.0. The van der Waals surface area contributed by atoms with Gasteiger partial charge in [-0.2, -0.15) is 8.78 Å². The van der Waals surface area contributed by atoms with E-state index in [4.69, 9.17) is 28.3 Å². The van der Waals surface area contributed by atoms with Crippen molar-refractivity contribution in [2.45, 2.75) is 25.3 Å². The van der Waals surface area contributed by atoms with E-state index >= 15 is 4.39 Å². The number of nitrogens with zero attached hydrogens (tertiary/aromatic N) is 2. The summed E-state index contributed by atoms with van der Waals surface area (Å²) in [6.07, 6.45) is 1.01. The molecule has 3 rings (SSSR count). The molecular formula is C24H22Cl2F3N5O3. The molecule has 3 aromatic rings. The SMILES string of the molecule is O=C(O)NCCc1ccc(Cl)cc1CNC(=O)Cc1c(Cl)cnc(NCC(F)(F)c2ccccn2)c1F. The molecule has 0 aliphatic carbocycles. The largest absolute Gasteiger partial charge is 0.465 e. The van der Waals surface area contributed by atoms with Gasteiger partial charge in [0.1, 0.15) is 5.69 Å². The Morgan fingerprint density at radius 1 is 1.05 bits per heavy atom. The van der Waals surface area contributed by atoms with Gasteiger partial charge in [-0.3, -0.25) is 9.78 Å². The fourth-order valence-corrected chi connectivity index (χ4v) is 3.77. The molecule has 0 spiro atoms. The van der Waals surface area contributed by atoms with Crippen molar-refractivity contribution in [1.29, 1.82) is 0 Å². The van der Waals surface area contributed by atoms with Crippen LogP contribution >= 0.6 is 23.2 Å². The zero-order valence-corrected chi connectivity index (χ0v) is 20.7. The number of benzene rings is 1. The third-order valence-electron chi connectivity index (χ3n) is 5.24. The third kappa shape index (κ3) is 7.96. The minimum Gasteiger partial charge on any atom is -0.465 e. The first kappa shape index (κ1) is 28.0. The van der Waals surface area contributed by atoms with Crippen LogP contribution in [0, 0.1) is 5.82 Å². The van der Waals surface area contributed by atoms with E-state index in [2.05, 4.69) is 25.9 Å². The second-order valence-electron chi connectivity index (χ2n) is 7.87. The number of carbonyl (C=O) groups excluding carboxylic acids is 1. The van der Waals surface area contributed by atoms with Crippen molar-refractivity contribution in [1.82, 2.24) is 20.6 Å². The average molecular weight is 556 g/mol. The third-order valence-corrected chi connectivity index (χ3v) is 5.80. The number of anilines is 1. The molecule has 0 aliphatic heterocycles. The van der Waals surface area contributed by atoms with Crippen molar-refractivity contribution >= 4 is 41.0 Å². The Morgan fingerprint density at radius 2 is 1.84 bits per heavy atom. The summed E-state index contributed by atoms with van der Waals surface area (Å²) in [5, 5.41) is 16.2. The van der Waals surface area contributed by atoms with Gasteiger partial charge in [0.15, 0.2) is 11.6 Å². The van der Waals surface area contributed by atoms with E-state index < -0.39 is 48.2 Å². The Morgan fingerprint density at radius 3 is 2.54 bits per heavy atom. The summed E-state index contributed by atoms with van der Waals surface area (Å²) in [6, 6.07) is 9.04. The number of nitrogens with one attached hydrogen (secondary N) is 3. The van der Waals surface area contributed by atoms with Gasteiger partial charge in [-0.25, -0.2) is 14.2 Å². The molecule has 0 atom stereocenters. The molecular weight excluding hydrogens is 534 g/mol. The van der Waals surface area contributed by atoms with E-state index in [9.17, 15) is 18.4 Å². The normalized spacial score (nSPS) is 11.2. The Balaban J connectivity index is 1.65. The molecule has 2 amide bonds. The van der Waals surface area contributed by atoms with Gasteiger partial charge in [0.25, 0.3) is 0 Å². The molecule has 0 saturated heterocycles. The summed E-state index contributed by atoms with van der Waals surface area (Å²) in [5.41, 5.74) is 0.700. The van der Waals surface area contributed by atoms with E-state index in [-0.39, 0.29) is 23.7 Å². The van der Waals surface area contributed by atoms with Gasteiger partial charge in [-0.05, 0) is 41.8 Å². The number of aromatic nitrogens is 2. The number of pyridine rings is 2. The zero-order valence-electron chi connectivity index (χ0n) is 19.2. The quantitative estimate of drug-likeness (QED) is 0.270. The summed E-state index contributed by atoms with van der Waals surface area (Å²) in [4.78, 5) is 30.6. The zero-order chi connectivity index (χ0) is 27.0. The van der Waals surface area contributed by atoms with Crippen molar-refractivity contribution in [3.63, 3.8) is 0 Å². The van der Waals surface area contributed by atoms with Crippen LogP contribution in [0.5, 0.6) is 0 Å². The summed E-state index contributed by atoms with van der Waals surface area (Å²) in [6.45, 7) is -0.784. The lowest BCUT2D eigenvalue weighted by atomic mass is 10.0. The Labute approximate surface area is 220 Å². The minimum atomic E-state index is -3.40. The van der Waals surface area contributed by atoms with Gasteiger partial charge in [-0.1, -0.05) is 35.3 Å². The van der Waals surface area contributed by atoms with Crippen molar-refractivity contribution < 1.29 is 27.9 Å². The fraction of sp³-hybridized carbons (Fsp3) is 0.250. The van der Waals surface area contributed by atoms with Crippen LogP contribution in [0.3, 0.4) is 0 Å². The van der Waals surface area contributed by atoms with E-state index in [0.29, 0.717) is 17.0 Å². The predicted molar refractivity (Wildman–Crippen MR) is 133 cm³/mol. The van der Waals surface area contributed by atoms with Crippen molar-refractivity contribution in [2.24, 2.45) is 0 Å². The molecule has 0 bridgehead atoms. The van der Waals surface area contributed by atoms with E-state index in [1.54, 1.807) is 18.2 Å². The molecule has 2 heterocycles. The lowest BCUT2D eigenvalue weighted by molar-refractivity contribution is -0.120. The topological polar surface area (TPSA) is 116 Å². The molecule has 1 aromatic carbocycles. The van der Waals surface area contributed by atoms with Crippen LogP contribution < -0.4 is 16.0 Å². The molecule has 13 heteroatoms. The van der Waals surface area contributed by atoms with Crippen LogP contribution in [0.4, 0.5) is 23.8 Å². The number of halogens is 5. The van der Waals surface area contributed by atoms with Gasteiger partial charge in [0.2, 0.25) is 5.91 Å². The molecule has 196 valence electrons. The maximum Gasteiger partial charge on any atom is 0.404 e. The second kappa shape index (κ2) is 12.6.